The molecule has 0 N–H and O–H groups in total. The van der Waals surface area contributed by atoms with Crippen molar-refractivity contribution >= 4 is 17.5 Å². The fourth-order valence-electron chi connectivity index (χ4n) is 3.50. The van der Waals surface area contributed by atoms with Gasteiger partial charge >= 0.3 is 6.18 Å². The molecule has 1 aromatic carbocycles. The van der Waals surface area contributed by atoms with Gasteiger partial charge in [0.2, 0.25) is 0 Å². The average molecular weight is 328 g/mol. The molecule has 0 spiro atoms. The molecule has 2 atom stereocenters. The Morgan fingerprint density at radius 3 is 2.50 bits per heavy atom. The van der Waals surface area contributed by atoms with Crippen molar-refractivity contribution in [3.8, 4) is 0 Å². The van der Waals surface area contributed by atoms with Crippen molar-refractivity contribution in [2.75, 3.05) is 0 Å². The summed E-state index contributed by atoms with van der Waals surface area (Å²) in [6, 6.07) is 5.32. The monoisotopic (exact) mass is 328 g/mol. The van der Waals surface area contributed by atoms with Crippen molar-refractivity contribution in [1.29, 1.82) is 0 Å². The van der Waals surface area contributed by atoms with E-state index in [0.29, 0.717) is 28.9 Å². The fraction of sp³-hybridized carbons (Fsp3) is 0.588. The average Bonchev–Trinajstić information content (AvgIpc) is 2.82. The highest BCUT2D eigenvalue weighted by Crippen LogP contribution is 2.46. The van der Waals surface area contributed by atoms with Gasteiger partial charge in [0.25, 0.3) is 0 Å². The van der Waals surface area contributed by atoms with Gasteiger partial charge in [0, 0.05) is 22.8 Å². The van der Waals surface area contributed by atoms with Gasteiger partial charge in [-0.15, -0.1) is 0 Å². The number of carbonyl (C=O) groups excluding carboxylic acids is 1. The van der Waals surface area contributed by atoms with E-state index in [2.05, 4.69) is 0 Å². The van der Waals surface area contributed by atoms with Crippen LogP contribution in [0.5, 0.6) is 0 Å². The Bertz CT molecular complexity index is 543. The number of thioether (sulfide) groups is 1. The van der Waals surface area contributed by atoms with Crippen LogP contribution in [0.25, 0.3) is 0 Å². The highest BCUT2D eigenvalue weighted by atomic mass is 32.2. The van der Waals surface area contributed by atoms with Crippen molar-refractivity contribution in [3.05, 3.63) is 35.4 Å². The Labute approximate surface area is 132 Å². The van der Waals surface area contributed by atoms with Crippen LogP contribution in [-0.4, -0.2) is 16.3 Å². The van der Waals surface area contributed by atoms with Gasteiger partial charge < -0.3 is 0 Å². The Morgan fingerprint density at radius 2 is 1.86 bits per heavy atom. The summed E-state index contributed by atoms with van der Waals surface area (Å²) in [5, 5.41) is 1.25. The van der Waals surface area contributed by atoms with Crippen molar-refractivity contribution < 1.29 is 18.0 Å². The van der Waals surface area contributed by atoms with Gasteiger partial charge in [-0.25, -0.2) is 0 Å². The number of halogens is 3. The number of Topliss-reactive ketones (excluding diaryl/α,β-unsaturated/α-hetero) is 1. The molecule has 2 fully saturated rings. The number of hydrogen-bond donors (Lipinski definition) is 0. The molecule has 2 heterocycles. The Balaban J connectivity index is 1.57. The van der Waals surface area contributed by atoms with E-state index in [1.165, 1.54) is 18.9 Å². The highest BCUT2D eigenvalue weighted by Gasteiger charge is 2.37. The van der Waals surface area contributed by atoms with E-state index in [0.717, 1.165) is 25.0 Å². The van der Waals surface area contributed by atoms with Crippen molar-refractivity contribution in [3.63, 3.8) is 0 Å². The van der Waals surface area contributed by atoms with Crippen molar-refractivity contribution in [1.82, 2.24) is 0 Å². The van der Waals surface area contributed by atoms with Gasteiger partial charge in [0.05, 0.1) is 5.56 Å². The Kier molecular flexibility index (Phi) is 4.53. The van der Waals surface area contributed by atoms with Gasteiger partial charge in [-0.05, 0) is 43.7 Å². The molecule has 2 unspecified atom stereocenters. The number of hydrogen-bond acceptors (Lipinski definition) is 2. The quantitative estimate of drug-likeness (QED) is 0.783. The van der Waals surface area contributed by atoms with E-state index in [-0.39, 0.29) is 11.7 Å². The first kappa shape index (κ1) is 15.9. The molecule has 0 radical (unpaired) electrons. The number of benzene rings is 1. The minimum Gasteiger partial charge on any atom is -0.299 e. The molecule has 120 valence electrons. The second-order valence-electron chi connectivity index (χ2n) is 6.29. The van der Waals surface area contributed by atoms with Crippen LogP contribution in [0, 0.1) is 5.92 Å². The van der Waals surface area contributed by atoms with Crippen LogP contribution >= 0.6 is 11.8 Å². The van der Waals surface area contributed by atoms with E-state index < -0.39 is 11.7 Å². The van der Waals surface area contributed by atoms with Crippen LogP contribution < -0.4 is 0 Å². The molecule has 2 bridgehead atoms. The molecule has 0 amide bonds. The molecule has 2 aliphatic heterocycles. The number of carbonyl (C=O) groups is 1. The zero-order valence-corrected chi connectivity index (χ0v) is 13.1. The maximum atomic E-state index is 12.7. The third-order valence-corrected chi connectivity index (χ3v) is 6.29. The lowest BCUT2D eigenvalue weighted by Crippen LogP contribution is -2.25. The molecule has 2 saturated heterocycles. The summed E-state index contributed by atoms with van der Waals surface area (Å²) in [6.07, 6.45) is 0.794. The Morgan fingerprint density at radius 1 is 1.18 bits per heavy atom. The summed E-state index contributed by atoms with van der Waals surface area (Å²) < 4.78 is 38.0. The lowest BCUT2D eigenvalue weighted by molar-refractivity contribution is -0.137. The maximum absolute atomic E-state index is 12.7. The predicted molar refractivity (Wildman–Crippen MR) is 81.9 cm³/mol. The van der Waals surface area contributed by atoms with Crippen molar-refractivity contribution in [2.45, 2.75) is 55.2 Å². The van der Waals surface area contributed by atoms with Gasteiger partial charge in [0.1, 0.15) is 5.78 Å². The van der Waals surface area contributed by atoms with E-state index >= 15 is 0 Å². The van der Waals surface area contributed by atoms with Crippen LogP contribution in [0.4, 0.5) is 13.2 Å². The van der Waals surface area contributed by atoms with Gasteiger partial charge in [-0.2, -0.15) is 24.9 Å². The fourth-order valence-corrected chi connectivity index (χ4v) is 5.27. The second-order valence-corrected chi connectivity index (χ2v) is 7.90. The van der Waals surface area contributed by atoms with Crippen LogP contribution in [0.1, 0.15) is 43.2 Å². The summed E-state index contributed by atoms with van der Waals surface area (Å²) in [6.45, 7) is 0. The van der Waals surface area contributed by atoms with Crippen molar-refractivity contribution in [2.24, 2.45) is 5.92 Å². The third kappa shape index (κ3) is 3.67. The normalized spacial score (nSPS) is 27.9. The minimum absolute atomic E-state index is 0.129. The summed E-state index contributed by atoms with van der Waals surface area (Å²) in [5.74, 6) is 0.360. The first-order valence-corrected chi connectivity index (χ1v) is 8.70. The highest BCUT2D eigenvalue weighted by molar-refractivity contribution is 8.00. The lowest BCUT2D eigenvalue weighted by atomic mass is 9.91. The molecule has 0 aliphatic carbocycles. The van der Waals surface area contributed by atoms with Crippen LogP contribution in [-0.2, 0) is 17.4 Å². The first-order chi connectivity index (χ1) is 10.4. The van der Waals surface area contributed by atoms with E-state index in [4.69, 9.17) is 0 Å². The summed E-state index contributed by atoms with van der Waals surface area (Å²) in [5.41, 5.74) is -0.0408. The van der Waals surface area contributed by atoms with Gasteiger partial charge in [-0.3, -0.25) is 4.79 Å². The van der Waals surface area contributed by atoms with Crippen LogP contribution in [0.15, 0.2) is 24.3 Å². The van der Waals surface area contributed by atoms with E-state index in [9.17, 15) is 18.0 Å². The van der Waals surface area contributed by atoms with Gasteiger partial charge in [-0.1, -0.05) is 18.2 Å². The van der Waals surface area contributed by atoms with E-state index in [1.807, 2.05) is 11.8 Å². The summed E-state index contributed by atoms with van der Waals surface area (Å²) in [4.78, 5) is 12.3. The lowest BCUT2D eigenvalue weighted by Gasteiger charge is -2.26. The smallest absolute Gasteiger partial charge is 0.299 e. The SMILES string of the molecule is O=C(CCc1cccc(C(F)(F)F)c1)C1CC2CCC(C1)S2. The zero-order chi connectivity index (χ0) is 15.7. The molecule has 0 aromatic heterocycles. The molecule has 5 heteroatoms. The predicted octanol–water partition coefficient (Wildman–Crippen LogP) is 4.88. The second kappa shape index (κ2) is 6.26. The topological polar surface area (TPSA) is 17.1 Å². The standard InChI is InChI=1S/C17H19F3OS/c18-17(19,20)13-3-1-2-11(8-13)4-7-16(21)12-9-14-5-6-15(10-12)22-14/h1-3,8,12,14-15H,4-7,9-10H2. The maximum Gasteiger partial charge on any atom is 0.416 e. The van der Waals surface area contributed by atoms with E-state index in [1.54, 1.807) is 6.07 Å². The zero-order valence-electron chi connectivity index (χ0n) is 12.2. The van der Waals surface area contributed by atoms with Crippen LogP contribution in [0.2, 0.25) is 0 Å². The van der Waals surface area contributed by atoms with Crippen LogP contribution in [0.3, 0.4) is 0 Å². The molecular weight excluding hydrogens is 309 g/mol. The minimum atomic E-state index is -4.32. The molecular formula is C17H19F3OS. The number of rotatable bonds is 4. The molecule has 2 aliphatic rings. The number of ketones is 1. The Hall–Kier alpha value is -0.970. The third-order valence-electron chi connectivity index (χ3n) is 4.66. The number of alkyl halides is 3. The number of fused-ring (bicyclic) bond motifs is 2. The molecule has 0 saturated carbocycles. The first-order valence-electron chi connectivity index (χ1n) is 7.76. The number of aryl methyl sites for hydroxylation is 1. The molecule has 3 rings (SSSR count). The molecule has 22 heavy (non-hydrogen) atoms. The largest absolute Gasteiger partial charge is 0.416 e. The summed E-state index contributed by atoms with van der Waals surface area (Å²) in [7, 11) is 0. The van der Waals surface area contributed by atoms with Gasteiger partial charge in [0.15, 0.2) is 0 Å². The molecule has 1 aromatic rings. The summed E-state index contributed by atoms with van der Waals surface area (Å²) >= 11 is 2.02. The molecule has 1 nitrogen and oxygen atoms in total.